The molecule has 3 rings (SSSR count). The Kier molecular flexibility index (Phi) is 5.61. The maximum Gasteiger partial charge on any atom is 0.225 e. The molecule has 27 heavy (non-hydrogen) atoms. The van der Waals surface area contributed by atoms with E-state index >= 15 is 0 Å². The second-order valence-corrected chi connectivity index (χ2v) is 8.48. The van der Waals surface area contributed by atoms with Crippen molar-refractivity contribution in [2.24, 2.45) is 0 Å². The number of carbonyl (C=O) groups is 2. The first-order valence-corrected chi connectivity index (χ1v) is 9.59. The Labute approximate surface area is 165 Å². The Morgan fingerprint density at radius 3 is 2.41 bits per heavy atom. The standard InChI is InChI=1S/C21H26ClN3O2/c1-21(2,3)25-14-17(12-20(25)27)23-19(26)13-18(24-10-4-5-11-24)15-6-8-16(22)9-7-15/h4-11,17-18H,12-14H2,1-3H3,(H,23,26). The van der Waals surface area contributed by atoms with Crippen LogP contribution in [0.2, 0.25) is 5.02 Å². The molecule has 2 atom stereocenters. The summed E-state index contributed by atoms with van der Waals surface area (Å²) in [6.45, 7) is 6.59. The van der Waals surface area contributed by atoms with Crippen molar-refractivity contribution in [1.82, 2.24) is 14.8 Å². The quantitative estimate of drug-likeness (QED) is 0.851. The number of halogens is 1. The lowest BCUT2D eigenvalue weighted by Gasteiger charge is -2.32. The topological polar surface area (TPSA) is 54.3 Å². The summed E-state index contributed by atoms with van der Waals surface area (Å²) < 4.78 is 2.02. The van der Waals surface area contributed by atoms with Gasteiger partial charge in [0.2, 0.25) is 11.8 Å². The molecular formula is C21H26ClN3O2. The van der Waals surface area contributed by atoms with E-state index < -0.39 is 0 Å². The second kappa shape index (κ2) is 7.77. The third kappa shape index (κ3) is 4.72. The van der Waals surface area contributed by atoms with E-state index in [-0.39, 0.29) is 29.4 Å². The van der Waals surface area contributed by atoms with E-state index in [0.717, 1.165) is 5.56 Å². The molecule has 0 radical (unpaired) electrons. The van der Waals surface area contributed by atoms with Gasteiger partial charge in [-0.3, -0.25) is 9.59 Å². The molecule has 1 aliphatic heterocycles. The van der Waals surface area contributed by atoms with Crippen molar-refractivity contribution < 1.29 is 9.59 Å². The number of nitrogens with one attached hydrogen (secondary N) is 1. The van der Waals surface area contributed by atoms with Gasteiger partial charge in [-0.15, -0.1) is 0 Å². The number of rotatable bonds is 5. The minimum Gasteiger partial charge on any atom is -0.351 e. The van der Waals surface area contributed by atoms with E-state index in [4.69, 9.17) is 11.6 Å². The van der Waals surface area contributed by atoms with E-state index in [9.17, 15) is 9.59 Å². The Bertz CT molecular complexity index is 794. The number of nitrogens with zero attached hydrogens (tertiary/aromatic N) is 2. The van der Waals surface area contributed by atoms with Crippen LogP contribution >= 0.6 is 11.6 Å². The lowest BCUT2D eigenvalue weighted by molar-refractivity contribution is -0.131. The lowest BCUT2D eigenvalue weighted by Crippen LogP contribution is -2.44. The minimum atomic E-state index is -0.229. The molecule has 1 aliphatic rings. The number of aromatic nitrogens is 1. The zero-order valence-corrected chi connectivity index (χ0v) is 16.7. The van der Waals surface area contributed by atoms with Crippen molar-refractivity contribution in [3.63, 3.8) is 0 Å². The highest BCUT2D eigenvalue weighted by molar-refractivity contribution is 6.30. The smallest absolute Gasteiger partial charge is 0.225 e. The minimum absolute atomic E-state index is 0.0581. The maximum atomic E-state index is 12.7. The molecule has 1 aromatic carbocycles. The fourth-order valence-electron chi connectivity index (χ4n) is 3.55. The first-order valence-electron chi connectivity index (χ1n) is 9.22. The molecule has 2 amide bonds. The molecular weight excluding hydrogens is 362 g/mol. The highest BCUT2D eigenvalue weighted by Crippen LogP contribution is 2.25. The third-order valence-corrected chi connectivity index (χ3v) is 5.17. The molecule has 1 aromatic heterocycles. The first kappa shape index (κ1) is 19.5. The Hall–Kier alpha value is -2.27. The largest absolute Gasteiger partial charge is 0.351 e. The van der Waals surface area contributed by atoms with E-state index in [1.54, 1.807) is 0 Å². The second-order valence-electron chi connectivity index (χ2n) is 8.05. The molecule has 0 aliphatic carbocycles. The Balaban J connectivity index is 1.69. The maximum absolute atomic E-state index is 12.7. The van der Waals surface area contributed by atoms with Crippen LogP contribution in [0.15, 0.2) is 48.8 Å². The van der Waals surface area contributed by atoms with Gasteiger partial charge in [0, 0.05) is 35.9 Å². The van der Waals surface area contributed by atoms with Crippen molar-refractivity contribution in [3.8, 4) is 0 Å². The van der Waals surface area contributed by atoms with Crippen LogP contribution in [0.4, 0.5) is 0 Å². The van der Waals surface area contributed by atoms with Crippen LogP contribution in [0.3, 0.4) is 0 Å². The van der Waals surface area contributed by atoms with Gasteiger partial charge in [0.15, 0.2) is 0 Å². The molecule has 0 spiro atoms. The van der Waals surface area contributed by atoms with Gasteiger partial charge in [0.1, 0.15) is 0 Å². The fraction of sp³-hybridized carbons (Fsp3) is 0.429. The molecule has 2 heterocycles. The number of amides is 2. The summed E-state index contributed by atoms with van der Waals surface area (Å²) in [5.74, 6) is 0.0321. The van der Waals surface area contributed by atoms with Crippen molar-refractivity contribution in [2.75, 3.05) is 6.54 Å². The third-order valence-electron chi connectivity index (χ3n) is 4.92. The number of hydrogen-bond acceptors (Lipinski definition) is 2. The van der Waals surface area contributed by atoms with Crippen LogP contribution in [-0.4, -0.2) is 39.4 Å². The van der Waals surface area contributed by atoms with Gasteiger partial charge in [0.25, 0.3) is 0 Å². The summed E-state index contributed by atoms with van der Waals surface area (Å²) in [5.41, 5.74) is 0.789. The molecule has 0 saturated carbocycles. The molecule has 2 unspecified atom stereocenters. The van der Waals surface area contributed by atoms with Gasteiger partial charge >= 0.3 is 0 Å². The van der Waals surface area contributed by atoms with Crippen molar-refractivity contribution in [3.05, 3.63) is 59.4 Å². The number of benzene rings is 1. The average Bonchev–Trinajstić information content (AvgIpc) is 3.23. The lowest BCUT2D eigenvalue weighted by atomic mass is 10.0. The number of hydrogen-bond donors (Lipinski definition) is 1. The number of carbonyl (C=O) groups excluding carboxylic acids is 2. The summed E-state index contributed by atoms with van der Waals surface area (Å²) >= 11 is 6.00. The molecule has 1 saturated heterocycles. The van der Waals surface area contributed by atoms with E-state index in [2.05, 4.69) is 5.32 Å². The normalized spacial score (nSPS) is 18.6. The van der Waals surface area contributed by atoms with Gasteiger partial charge in [-0.05, 0) is 50.6 Å². The molecule has 144 valence electrons. The zero-order chi connectivity index (χ0) is 19.6. The first-order chi connectivity index (χ1) is 12.7. The molecule has 0 bridgehead atoms. The molecule has 2 aromatic rings. The van der Waals surface area contributed by atoms with Crippen LogP contribution in [0.25, 0.3) is 0 Å². The summed E-state index contributed by atoms with van der Waals surface area (Å²) in [6, 6.07) is 11.2. The van der Waals surface area contributed by atoms with Crippen LogP contribution < -0.4 is 5.32 Å². The monoisotopic (exact) mass is 387 g/mol. The van der Waals surface area contributed by atoms with Gasteiger partial charge in [0.05, 0.1) is 18.5 Å². The summed E-state index contributed by atoms with van der Waals surface area (Å²) in [6.07, 6.45) is 4.56. The van der Waals surface area contributed by atoms with E-state index in [1.807, 2.05) is 79.0 Å². The van der Waals surface area contributed by atoms with Crippen LogP contribution in [0.1, 0.15) is 45.2 Å². The van der Waals surface area contributed by atoms with Gasteiger partial charge in [-0.1, -0.05) is 23.7 Å². The van der Waals surface area contributed by atoms with Crippen molar-refractivity contribution >= 4 is 23.4 Å². The molecule has 5 nitrogen and oxygen atoms in total. The van der Waals surface area contributed by atoms with Gasteiger partial charge in [-0.2, -0.15) is 0 Å². The van der Waals surface area contributed by atoms with Crippen molar-refractivity contribution in [1.29, 1.82) is 0 Å². The van der Waals surface area contributed by atoms with Crippen molar-refractivity contribution in [2.45, 2.75) is 51.2 Å². The average molecular weight is 388 g/mol. The predicted octanol–water partition coefficient (Wildman–Crippen LogP) is 3.64. The molecule has 1 fully saturated rings. The highest BCUT2D eigenvalue weighted by Gasteiger charge is 2.37. The van der Waals surface area contributed by atoms with E-state index in [1.165, 1.54) is 0 Å². The summed E-state index contributed by atoms with van der Waals surface area (Å²) in [5, 5.41) is 3.71. The fourth-order valence-corrected chi connectivity index (χ4v) is 3.68. The molecule has 6 heteroatoms. The SMILES string of the molecule is CC(C)(C)N1CC(NC(=O)CC(c2ccc(Cl)cc2)n2cccc2)CC1=O. The summed E-state index contributed by atoms with van der Waals surface area (Å²) in [4.78, 5) is 26.8. The van der Waals surface area contributed by atoms with Gasteiger partial charge < -0.3 is 14.8 Å². The van der Waals surface area contributed by atoms with Crippen LogP contribution in [0, 0.1) is 0 Å². The highest BCUT2D eigenvalue weighted by atomic mass is 35.5. The Morgan fingerprint density at radius 2 is 1.85 bits per heavy atom. The summed E-state index contributed by atoms with van der Waals surface area (Å²) in [7, 11) is 0. The van der Waals surface area contributed by atoms with Crippen LogP contribution in [-0.2, 0) is 9.59 Å². The van der Waals surface area contributed by atoms with E-state index in [0.29, 0.717) is 24.4 Å². The van der Waals surface area contributed by atoms with Crippen LogP contribution in [0.5, 0.6) is 0 Å². The Morgan fingerprint density at radius 1 is 1.22 bits per heavy atom. The number of likely N-dealkylation sites (tertiary alicyclic amines) is 1. The molecule has 1 N–H and O–H groups in total. The zero-order valence-electron chi connectivity index (χ0n) is 16.0. The van der Waals surface area contributed by atoms with Gasteiger partial charge in [-0.25, -0.2) is 0 Å². The predicted molar refractivity (Wildman–Crippen MR) is 107 cm³/mol.